The van der Waals surface area contributed by atoms with Gasteiger partial charge in [-0.3, -0.25) is 0 Å². The largest absolute Gasteiger partial charge is 0.326 e. The maximum Gasteiger partial charge on any atom is 0.0962 e. The summed E-state index contributed by atoms with van der Waals surface area (Å²) in [7, 11) is 0. The van der Waals surface area contributed by atoms with Crippen molar-refractivity contribution in [1.29, 1.82) is 0 Å². The van der Waals surface area contributed by atoms with Crippen molar-refractivity contribution in [3.8, 4) is 0 Å². The zero-order valence-electron chi connectivity index (χ0n) is 8.28. The molecule has 76 valence electrons. The molecular formula is C11H16N2S. The summed E-state index contributed by atoms with van der Waals surface area (Å²) in [5, 5.41) is 1.94. The summed E-state index contributed by atoms with van der Waals surface area (Å²) in [6.07, 6.45) is 7.37. The molecule has 2 nitrogen and oxygen atoms in total. The van der Waals surface area contributed by atoms with Crippen LogP contribution in [0.25, 0.3) is 0 Å². The molecule has 1 aliphatic rings. The lowest BCUT2D eigenvalue weighted by atomic mass is 10.3. The topological polar surface area (TPSA) is 38.9 Å². The van der Waals surface area contributed by atoms with Gasteiger partial charge < -0.3 is 5.73 Å². The number of aromatic nitrogens is 1. The Morgan fingerprint density at radius 1 is 1.36 bits per heavy atom. The summed E-state index contributed by atoms with van der Waals surface area (Å²) in [4.78, 5) is 4.40. The lowest BCUT2D eigenvalue weighted by Gasteiger charge is -2.07. The van der Waals surface area contributed by atoms with E-state index in [0.717, 1.165) is 15.8 Å². The van der Waals surface area contributed by atoms with Gasteiger partial charge in [-0.2, -0.15) is 0 Å². The molecule has 1 aliphatic carbocycles. The summed E-state index contributed by atoms with van der Waals surface area (Å²) in [5.41, 5.74) is 6.63. The van der Waals surface area contributed by atoms with Crippen molar-refractivity contribution < 1.29 is 0 Å². The van der Waals surface area contributed by atoms with Gasteiger partial charge in [0, 0.05) is 18.0 Å². The Balaban J connectivity index is 1.95. The summed E-state index contributed by atoms with van der Waals surface area (Å²) >= 11 is 1.92. The highest BCUT2D eigenvalue weighted by molar-refractivity contribution is 7.99. The van der Waals surface area contributed by atoms with E-state index in [1.807, 2.05) is 18.0 Å². The predicted molar refractivity (Wildman–Crippen MR) is 60.2 cm³/mol. The van der Waals surface area contributed by atoms with Gasteiger partial charge in [-0.05, 0) is 24.5 Å². The van der Waals surface area contributed by atoms with E-state index in [0.29, 0.717) is 6.54 Å². The zero-order chi connectivity index (χ0) is 9.80. The third kappa shape index (κ3) is 2.49. The number of thioether (sulfide) groups is 1. The molecule has 1 aromatic rings. The normalized spacial score (nSPS) is 17.5. The van der Waals surface area contributed by atoms with E-state index in [4.69, 9.17) is 5.73 Å². The highest BCUT2D eigenvalue weighted by Crippen LogP contribution is 2.33. The molecule has 1 heterocycles. The fourth-order valence-electron chi connectivity index (χ4n) is 1.78. The Labute approximate surface area is 89.3 Å². The van der Waals surface area contributed by atoms with Crippen molar-refractivity contribution in [3.05, 3.63) is 23.9 Å². The first-order valence-electron chi connectivity index (χ1n) is 5.20. The molecule has 0 unspecified atom stereocenters. The molecule has 1 saturated carbocycles. The summed E-state index contributed by atoms with van der Waals surface area (Å²) < 4.78 is 0. The van der Waals surface area contributed by atoms with Crippen LogP contribution in [0.5, 0.6) is 0 Å². The molecule has 3 heteroatoms. The van der Waals surface area contributed by atoms with Crippen LogP contribution in [-0.2, 0) is 6.54 Å². The molecule has 0 saturated heterocycles. The molecule has 0 amide bonds. The SMILES string of the molecule is NCc1ccc(SC2CCCC2)nc1. The van der Waals surface area contributed by atoms with Gasteiger partial charge >= 0.3 is 0 Å². The van der Waals surface area contributed by atoms with Crippen molar-refractivity contribution in [2.75, 3.05) is 0 Å². The highest BCUT2D eigenvalue weighted by atomic mass is 32.2. The Hall–Kier alpha value is -0.540. The minimum atomic E-state index is 0.585. The molecule has 1 fully saturated rings. The van der Waals surface area contributed by atoms with Crippen LogP contribution in [0.15, 0.2) is 23.4 Å². The summed E-state index contributed by atoms with van der Waals surface area (Å²) in [5.74, 6) is 0. The minimum Gasteiger partial charge on any atom is -0.326 e. The highest BCUT2D eigenvalue weighted by Gasteiger charge is 2.16. The molecule has 2 rings (SSSR count). The summed E-state index contributed by atoms with van der Waals surface area (Å²) in [6, 6.07) is 4.16. The maximum atomic E-state index is 5.52. The second-order valence-electron chi connectivity index (χ2n) is 3.73. The van der Waals surface area contributed by atoms with Crippen LogP contribution in [0.3, 0.4) is 0 Å². The maximum absolute atomic E-state index is 5.52. The minimum absolute atomic E-state index is 0.585. The number of nitrogens with two attached hydrogens (primary N) is 1. The molecule has 0 bridgehead atoms. The monoisotopic (exact) mass is 208 g/mol. The number of hydrogen-bond donors (Lipinski definition) is 1. The van der Waals surface area contributed by atoms with Crippen molar-refractivity contribution in [3.63, 3.8) is 0 Å². The first kappa shape index (κ1) is 9.99. The Kier molecular flexibility index (Phi) is 3.43. The molecule has 14 heavy (non-hydrogen) atoms. The van der Waals surface area contributed by atoms with Gasteiger partial charge in [-0.25, -0.2) is 4.98 Å². The van der Waals surface area contributed by atoms with E-state index < -0.39 is 0 Å². The first-order valence-corrected chi connectivity index (χ1v) is 6.08. The smallest absolute Gasteiger partial charge is 0.0962 e. The Bertz CT molecular complexity index is 278. The fraction of sp³-hybridized carbons (Fsp3) is 0.545. The van der Waals surface area contributed by atoms with Crippen LogP contribution in [0.4, 0.5) is 0 Å². The number of nitrogens with zero attached hydrogens (tertiary/aromatic N) is 1. The van der Waals surface area contributed by atoms with Crippen molar-refractivity contribution >= 4 is 11.8 Å². The zero-order valence-corrected chi connectivity index (χ0v) is 9.09. The molecule has 1 aromatic heterocycles. The number of hydrogen-bond acceptors (Lipinski definition) is 3. The molecular weight excluding hydrogens is 192 g/mol. The van der Waals surface area contributed by atoms with Crippen molar-refractivity contribution in [2.45, 2.75) is 42.5 Å². The van der Waals surface area contributed by atoms with Gasteiger partial charge in [0.25, 0.3) is 0 Å². The van der Waals surface area contributed by atoms with Crippen molar-refractivity contribution in [1.82, 2.24) is 4.98 Å². The van der Waals surface area contributed by atoms with Gasteiger partial charge in [-0.1, -0.05) is 18.9 Å². The molecule has 0 aromatic carbocycles. The molecule has 0 aliphatic heterocycles. The average molecular weight is 208 g/mol. The van der Waals surface area contributed by atoms with E-state index in [1.165, 1.54) is 25.7 Å². The van der Waals surface area contributed by atoms with Crippen molar-refractivity contribution in [2.24, 2.45) is 5.73 Å². The second kappa shape index (κ2) is 4.80. The van der Waals surface area contributed by atoms with E-state index in [1.54, 1.807) is 0 Å². The first-order chi connectivity index (χ1) is 6.88. The van der Waals surface area contributed by atoms with Gasteiger partial charge in [-0.15, -0.1) is 11.8 Å². The van der Waals surface area contributed by atoms with E-state index in [2.05, 4.69) is 17.1 Å². The Morgan fingerprint density at radius 3 is 2.71 bits per heavy atom. The predicted octanol–water partition coefficient (Wildman–Crippen LogP) is 2.58. The second-order valence-corrected chi connectivity index (χ2v) is 5.05. The van der Waals surface area contributed by atoms with Gasteiger partial charge in [0.15, 0.2) is 0 Å². The van der Waals surface area contributed by atoms with Crippen LogP contribution >= 0.6 is 11.8 Å². The van der Waals surface area contributed by atoms with E-state index >= 15 is 0 Å². The summed E-state index contributed by atoms with van der Waals surface area (Å²) in [6.45, 7) is 0.585. The standard InChI is InChI=1S/C11H16N2S/c12-7-9-5-6-11(13-8-9)14-10-3-1-2-4-10/h5-6,8,10H,1-4,7,12H2. The number of rotatable bonds is 3. The fourth-order valence-corrected chi connectivity index (χ4v) is 2.95. The van der Waals surface area contributed by atoms with Crippen LogP contribution in [-0.4, -0.2) is 10.2 Å². The van der Waals surface area contributed by atoms with Crippen LogP contribution in [0.2, 0.25) is 0 Å². The molecule has 0 spiro atoms. The van der Waals surface area contributed by atoms with Gasteiger partial charge in [0.2, 0.25) is 0 Å². The lowest BCUT2D eigenvalue weighted by Crippen LogP contribution is -1.98. The van der Waals surface area contributed by atoms with Crippen LogP contribution in [0.1, 0.15) is 31.2 Å². The lowest BCUT2D eigenvalue weighted by molar-refractivity contribution is 0.886. The average Bonchev–Trinajstić information content (AvgIpc) is 2.72. The van der Waals surface area contributed by atoms with Crippen LogP contribution in [0, 0.1) is 0 Å². The molecule has 2 N–H and O–H groups in total. The quantitative estimate of drug-likeness (QED) is 0.829. The number of pyridine rings is 1. The van der Waals surface area contributed by atoms with E-state index in [-0.39, 0.29) is 0 Å². The van der Waals surface area contributed by atoms with Gasteiger partial charge in [0.05, 0.1) is 5.03 Å². The molecule has 0 atom stereocenters. The Morgan fingerprint density at radius 2 is 2.14 bits per heavy atom. The third-order valence-electron chi connectivity index (χ3n) is 2.62. The van der Waals surface area contributed by atoms with E-state index in [9.17, 15) is 0 Å². The van der Waals surface area contributed by atoms with Crippen LogP contribution < -0.4 is 5.73 Å². The molecule has 0 radical (unpaired) electrons. The van der Waals surface area contributed by atoms with Gasteiger partial charge in [0.1, 0.15) is 0 Å². The third-order valence-corrected chi connectivity index (χ3v) is 3.91.